The maximum atomic E-state index is 12.5. The number of hydrogen-bond donors (Lipinski definition) is 0. The average Bonchev–Trinajstić information content (AvgIpc) is 3.15. The molecule has 1 aliphatic heterocycles. The molecule has 1 aromatic carbocycles. The van der Waals surface area contributed by atoms with Crippen LogP contribution in [0, 0.1) is 0 Å². The Morgan fingerprint density at radius 3 is 2.48 bits per heavy atom. The summed E-state index contributed by atoms with van der Waals surface area (Å²) < 4.78 is 1.90. The lowest BCUT2D eigenvalue weighted by atomic mass is 10.2. The van der Waals surface area contributed by atoms with Crippen molar-refractivity contribution in [3.8, 4) is 0 Å². The molecule has 0 unspecified atom stereocenters. The zero-order chi connectivity index (χ0) is 18.9. The SMILES string of the molecule is CCCCSc1nnc(SCC(=O)N2CCN(Cc3ccccc3)CC2)s1. The second kappa shape index (κ2) is 11.0. The summed E-state index contributed by atoms with van der Waals surface area (Å²) in [5.41, 5.74) is 1.33. The standard InChI is InChI=1S/C19H26N4OS3/c1-2-3-13-25-18-20-21-19(27-18)26-15-17(24)23-11-9-22(10-12-23)14-16-7-5-4-6-8-16/h4-8H,2-3,9-15H2,1H3. The van der Waals surface area contributed by atoms with Gasteiger partial charge in [-0.25, -0.2) is 0 Å². The maximum Gasteiger partial charge on any atom is 0.233 e. The van der Waals surface area contributed by atoms with Gasteiger partial charge in [-0.05, 0) is 12.0 Å². The van der Waals surface area contributed by atoms with Gasteiger partial charge in [-0.1, -0.05) is 78.5 Å². The second-order valence-corrected chi connectivity index (χ2v) is 10.0. The monoisotopic (exact) mass is 422 g/mol. The third-order valence-corrected chi connectivity index (χ3v) is 7.67. The highest BCUT2D eigenvalue weighted by Crippen LogP contribution is 2.29. The van der Waals surface area contributed by atoms with Crippen molar-refractivity contribution < 1.29 is 4.79 Å². The average molecular weight is 423 g/mol. The Kier molecular flexibility index (Phi) is 8.44. The summed E-state index contributed by atoms with van der Waals surface area (Å²) >= 11 is 4.87. The number of carbonyl (C=O) groups is 1. The Morgan fingerprint density at radius 1 is 1.07 bits per heavy atom. The van der Waals surface area contributed by atoms with Crippen LogP contribution in [0.15, 0.2) is 39.0 Å². The van der Waals surface area contributed by atoms with Crippen molar-refractivity contribution in [2.75, 3.05) is 37.7 Å². The minimum Gasteiger partial charge on any atom is -0.339 e. The second-order valence-electron chi connectivity index (χ2n) is 6.47. The quantitative estimate of drug-likeness (QED) is 0.452. The number of amides is 1. The van der Waals surface area contributed by atoms with Gasteiger partial charge in [0.1, 0.15) is 0 Å². The molecule has 1 amide bonds. The van der Waals surface area contributed by atoms with Crippen LogP contribution in [0.5, 0.6) is 0 Å². The van der Waals surface area contributed by atoms with Crippen LogP contribution in [-0.2, 0) is 11.3 Å². The van der Waals surface area contributed by atoms with Crippen LogP contribution in [-0.4, -0.2) is 63.6 Å². The predicted molar refractivity (Wildman–Crippen MR) is 115 cm³/mol. The van der Waals surface area contributed by atoms with E-state index in [-0.39, 0.29) is 5.91 Å². The third kappa shape index (κ3) is 6.78. The minimum atomic E-state index is 0.203. The van der Waals surface area contributed by atoms with Gasteiger partial charge in [0, 0.05) is 38.5 Å². The molecule has 27 heavy (non-hydrogen) atoms. The van der Waals surface area contributed by atoms with E-state index in [0.717, 1.165) is 47.2 Å². The zero-order valence-corrected chi connectivity index (χ0v) is 18.1. The van der Waals surface area contributed by atoms with Gasteiger partial charge in [0.05, 0.1) is 5.75 Å². The van der Waals surface area contributed by atoms with Crippen molar-refractivity contribution in [1.29, 1.82) is 0 Å². The van der Waals surface area contributed by atoms with E-state index in [2.05, 4.69) is 46.3 Å². The fourth-order valence-corrected chi connectivity index (χ4v) is 5.91. The molecule has 1 aromatic heterocycles. The van der Waals surface area contributed by atoms with Crippen molar-refractivity contribution in [3.05, 3.63) is 35.9 Å². The van der Waals surface area contributed by atoms with Crippen molar-refractivity contribution in [2.45, 2.75) is 35.0 Å². The van der Waals surface area contributed by atoms with E-state index in [9.17, 15) is 4.79 Å². The molecule has 3 rings (SSSR count). The molecule has 146 valence electrons. The van der Waals surface area contributed by atoms with Crippen molar-refractivity contribution >= 4 is 40.8 Å². The topological polar surface area (TPSA) is 49.3 Å². The first kappa shape index (κ1) is 20.6. The van der Waals surface area contributed by atoms with Crippen molar-refractivity contribution in [2.24, 2.45) is 0 Å². The summed E-state index contributed by atoms with van der Waals surface area (Å²) in [6.45, 7) is 6.63. The molecule has 0 spiro atoms. The first-order chi connectivity index (χ1) is 13.2. The molecule has 0 aliphatic carbocycles. The van der Waals surface area contributed by atoms with Gasteiger partial charge in [0.2, 0.25) is 5.91 Å². The molecule has 0 N–H and O–H groups in total. The molecular formula is C19H26N4OS3. The Balaban J connectivity index is 1.37. The molecule has 1 fully saturated rings. The number of unbranched alkanes of at least 4 members (excludes halogenated alkanes) is 1. The van der Waals surface area contributed by atoms with E-state index in [0.29, 0.717) is 5.75 Å². The van der Waals surface area contributed by atoms with E-state index >= 15 is 0 Å². The molecule has 5 nitrogen and oxygen atoms in total. The van der Waals surface area contributed by atoms with Crippen LogP contribution in [0.3, 0.4) is 0 Å². The number of aromatic nitrogens is 2. The Labute approximate surface area is 173 Å². The van der Waals surface area contributed by atoms with E-state index in [1.54, 1.807) is 23.1 Å². The van der Waals surface area contributed by atoms with Gasteiger partial charge >= 0.3 is 0 Å². The van der Waals surface area contributed by atoms with Crippen LogP contribution in [0.1, 0.15) is 25.3 Å². The Hall–Kier alpha value is -1.09. The van der Waals surface area contributed by atoms with E-state index in [1.165, 1.54) is 30.2 Å². The molecule has 1 aliphatic rings. The van der Waals surface area contributed by atoms with Gasteiger partial charge in [-0.2, -0.15) is 0 Å². The minimum absolute atomic E-state index is 0.203. The van der Waals surface area contributed by atoms with Crippen LogP contribution in [0.25, 0.3) is 0 Å². The summed E-state index contributed by atoms with van der Waals surface area (Å²) in [4.78, 5) is 16.9. The first-order valence-corrected chi connectivity index (χ1v) is 12.2. The van der Waals surface area contributed by atoms with Crippen LogP contribution in [0.4, 0.5) is 0 Å². The summed E-state index contributed by atoms with van der Waals surface area (Å²) in [7, 11) is 0. The smallest absolute Gasteiger partial charge is 0.233 e. The fraction of sp³-hybridized carbons (Fsp3) is 0.526. The number of piperazine rings is 1. The number of hydrogen-bond acceptors (Lipinski definition) is 7. The highest BCUT2D eigenvalue weighted by Gasteiger charge is 2.21. The summed E-state index contributed by atoms with van der Waals surface area (Å²) in [5, 5.41) is 8.41. The summed E-state index contributed by atoms with van der Waals surface area (Å²) in [6, 6.07) is 10.5. The number of benzene rings is 1. The molecule has 0 bridgehead atoms. The van der Waals surface area contributed by atoms with Gasteiger partial charge in [0.25, 0.3) is 0 Å². The number of carbonyl (C=O) groups excluding carboxylic acids is 1. The molecule has 0 atom stereocenters. The predicted octanol–water partition coefficient (Wildman–Crippen LogP) is 3.87. The lowest BCUT2D eigenvalue weighted by molar-refractivity contribution is -0.130. The Morgan fingerprint density at radius 2 is 1.78 bits per heavy atom. The summed E-state index contributed by atoms with van der Waals surface area (Å²) in [6.07, 6.45) is 2.39. The summed E-state index contributed by atoms with van der Waals surface area (Å²) in [5.74, 6) is 1.74. The molecule has 2 heterocycles. The third-order valence-electron chi connectivity index (χ3n) is 4.40. The highest BCUT2D eigenvalue weighted by molar-refractivity contribution is 8.03. The molecule has 0 radical (unpaired) electrons. The van der Waals surface area contributed by atoms with Crippen molar-refractivity contribution in [1.82, 2.24) is 20.0 Å². The molecule has 0 saturated carbocycles. The number of thioether (sulfide) groups is 2. The van der Waals surface area contributed by atoms with Crippen LogP contribution >= 0.6 is 34.9 Å². The fourth-order valence-electron chi connectivity index (χ4n) is 2.83. The van der Waals surface area contributed by atoms with Crippen LogP contribution < -0.4 is 0 Å². The Bertz CT molecular complexity index is 702. The normalized spacial score (nSPS) is 15.2. The van der Waals surface area contributed by atoms with Gasteiger partial charge < -0.3 is 4.90 Å². The van der Waals surface area contributed by atoms with Gasteiger partial charge in [0.15, 0.2) is 8.68 Å². The molecular weight excluding hydrogens is 396 g/mol. The van der Waals surface area contributed by atoms with Crippen LogP contribution in [0.2, 0.25) is 0 Å². The van der Waals surface area contributed by atoms with E-state index in [4.69, 9.17) is 0 Å². The molecule has 8 heteroatoms. The van der Waals surface area contributed by atoms with Crippen molar-refractivity contribution in [3.63, 3.8) is 0 Å². The first-order valence-electron chi connectivity index (χ1n) is 9.37. The molecule has 1 saturated heterocycles. The zero-order valence-electron chi connectivity index (χ0n) is 15.7. The maximum absolute atomic E-state index is 12.5. The molecule has 2 aromatic rings. The van der Waals surface area contributed by atoms with E-state index < -0.39 is 0 Å². The van der Waals surface area contributed by atoms with E-state index in [1.807, 2.05) is 11.0 Å². The largest absolute Gasteiger partial charge is 0.339 e. The van der Waals surface area contributed by atoms with Gasteiger partial charge in [-0.3, -0.25) is 9.69 Å². The lowest BCUT2D eigenvalue weighted by Crippen LogP contribution is -2.48. The van der Waals surface area contributed by atoms with Gasteiger partial charge in [-0.15, -0.1) is 10.2 Å². The number of nitrogens with zero attached hydrogens (tertiary/aromatic N) is 4. The number of rotatable bonds is 9. The highest BCUT2D eigenvalue weighted by atomic mass is 32.2. The lowest BCUT2D eigenvalue weighted by Gasteiger charge is -2.34.